The molecule has 5 nitrogen and oxygen atoms in total. The third kappa shape index (κ3) is 4.34. The van der Waals surface area contributed by atoms with E-state index >= 15 is 0 Å². The van der Waals surface area contributed by atoms with Crippen molar-refractivity contribution >= 4 is 44.9 Å². The Bertz CT molecular complexity index is 1170. The molecule has 2 heterocycles. The van der Waals surface area contributed by atoms with Gasteiger partial charge in [0.25, 0.3) is 5.56 Å². The molecule has 0 bridgehead atoms. The summed E-state index contributed by atoms with van der Waals surface area (Å²) in [6.07, 6.45) is 7.00. The highest BCUT2D eigenvalue weighted by atomic mass is 32.2. The van der Waals surface area contributed by atoms with E-state index in [1.807, 2.05) is 0 Å². The maximum Gasteiger partial charge on any atom is 0.263 e. The van der Waals surface area contributed by atoms with Gasteiger partial charge < -0.3 is 5.32 Å². The number of amides is 1. The number of aromatic nitrogens is 2. The topological polar surface area (TPSA) is 64.0 Å². The lowest BCUT2D eigenvalue weighted by Crippen LogP contribution is -2.24. The number of benzene rings is 1. The first kappa shape index (κ1) is 20.8. The number of aryl methyl sites for hydroxylation is 2. The third-order valence-electron chi connectivity index (χ3n) is 5.04. The summed E-state index contributed by atoms with van der Waals surface area (Å²) in [5, 5.41) is 3.90. The Hall–Kier alpha value is -2.45. The first-order valence-electron chi connectivity index (χ1n) is 9.91. The Morgan fingerprint density at radius 1 is 1.33 bits per heavy atom. The predicted molar refractivity (Wildman–Crippen MR) is 121 cm³/mol. The van der Waals surface area contributed by atoms with Crippen molar-refractivity contribution in [1.82, 2.24) is 9.55 Å². The van der Waals surface area contributed by atoms with E-state index in [0.29, 0.717) is 17.4 Å². The number of rotatable bonds is 6. The van der Waals surface area contributed by atoms with Gasteiger partial charge in [0.05, 0.1) is 11.1 Å². The lowest BCUT2D eigenvalue weighted by Gasteiger charge is -2.11. The molecule has 8 heteroatoms. The Morgan fingerprint density at radius 3 is 2.97 bits per heavy atom. The van der Waals surface area contributed by atoms with Crippen LogP contribution in [0.1, 0.15) is 29.7 Å². The Morgan fingerprint density at radius 2 is 2.17 bits per heavy atom. The van der Waals surface area contributed by atoms with E-state index in [1.54, 1.807) is 28.0 Å². The zero-order chi connectivity index (χ0) is 21.1. The average molecular weight is 444 g/mol. The number of hydrogen-bond donors (Lipinski definition) is 1. The fourth-order valence-electron chi connectivity index (χ4n) is 3.69. The van der Waals surface area contributed by atoms with Crippen LogP contribution in [0.5, 0.6) is 0 Å². The Kier molecular flexibility index (Phi) is 6.34. The van der Waals surface area contributed by atoms with Crippen molar-refractivity contribution in [2.75, 3.05) is 11.1 Å². The van der Waals surface area contributed by atoms with Crippen molar-refractivity contribution in [3.05, 3.63) is 63.5 Å². The van der Waals surface area contributed by atoms with Crippen LogP contribution in [0.25, 0.3) is 10.2 Å². The highest BCUT2D eigenvalue weighted by Crippen LogP contribution is 2.34. The van der Waals surface area contributed by atoms with Gasteiger partial charge in [0, 0.05) is 17.1 Å². The second kappa shape index (κ2) is 9.14. The van der Waals surface area contributed by atoms with Crippen LogP contribution in [0.4, 0.5) is 10.1 Å². The molecule has 1 aliphatic carbocycles. The number of hydrogen-bond acceptors (Lipinski definition) is 5. The van der Waals surface area contributed by atoms with Crippen LogP contribution in [0, 0.1) is 5.82 Å². The smallest absolute Gasteiger partial charge is 0.263 e. The SMILES string of the molecule is C=CCn1c(SCC(=O)Nc2cccc(F)c2)nc2sc3c(c2c1=O)CCCCC3. The summed E-state index contributed by atoms with van der Waals surface area (Å²) in [7, 11) is 0. The van der Waals surface area contributed by atoms with Gasteiger partial charge in [-0.05, 0) is 49.4 Å². The van der Waals surface area contributed by atoms with E-state index in [2.05, 4.69) is 11.9 Å². The zero-order valence-electron chi connectivity index (χ0n) is 16.4. The minimum absolute atomic E-state index is 0.0626. The number of carbonyl (C=O) groups excluding carboxylic acids is 1. The third-order valence-corrected chi connectivity index (χ3v) is 7.20. The van der Waals surface area contributed by atoms with Crippen molar-refractivity contribution in [2.24, 2.45) is 0 Å². The van der Waals surface area contributed by atoms with Crippen LogP contribution in [-0.2, 0) is 24.2 Å². The highest BCUT2D eigenvalue weighted by Gasteiger charge is 2.21. The standard InChI is InChI=1S/C22H22FN3O2S2/c1-2-11-26-21(28)19-16-9-4-3-5-10-17(16)30-20(19)25-22(26)29-13-18(27)24-15-8-6-7-14(23)12-15/h2,6-8,12H,1,3-5,9-11,13H2,(H,24,27). The number of thiophene rings is 1. The summed E-state index contributed by atoms with van der Waals surface area (Å²) in [5.41, 5.74) is 1.49. The summed E-state index contributed by atoms with van der Waals surface area (Å²) in [4.78, 5) is 32.4. The van der Waals surface area contributed by atoms with E-state index in [4.69, 9.17) is 4.98 Å². The molecule has 0 saturated heterocycles. The van der Waals surface area contributed by atoms with E-state index in [9.17, 15) is 14.0 Å². The van der Waals surface area contributed by atoms with Crippen molar-refractivity contribution in [2.45, 2.75) is 43.8 Å². The molecule has 2 aromatic heterocycles. The molecule has 0 atom stereocenters. The normalized spacial score (nSPS) is 13.6. The van der Waals surface area contributed by atoms with Crippen LogP contribution in [-0.4, -0.2) is 21.2 Å². The van der Waals surface area contributed by atoms with E-state index < -0.39 is 5.82 Å². The van der Waals surface area contributed by atoms with E-state index in [-0.39, 0.29) is 17.2 Å². The zero-order valence-corrected chi connectivity index (χ0v) is 18.1. The molecule has 0 aliphatic heterocycles. The van der Waals surface area contributed by atoms with Gasteiger partial charge in [-0.2, -0.15) is 0 Å². The van der Waals surface area contributed by atoms with Gasteiger partial charge in [-0.1, -0.05) is 30.3 Å². The van der Waals surface area contributed by atoms with Gasteiger partial charge in [0.1, 0.15) is 10.6 Å². The molecule has 0 spiro atoms. The minimum atomic E-state index is -0.412. The van der Waals surface area contributed by atoms with Crippen molar-refractivity contribution in [3.63, 3.8) is 0 Å². The van der Waals surface area contributed by atoms with Gasteiger partial charge in [0.15, 0.2) is 5.16 Å². The molecule has 0 unspecified atom stereocenters. The van der Waals surface area contributed by atoms with Crippen LogP contribution >= 0.6 is 23.1 Å². The molecule has 0 fully saturated rings. The molecule has 1 N–H and O–H groups in total. The van der Waals surface area contributed by atoms with Crippen LogP contribution in [0.3, 0.4) is 0 Å². The number of nitrogens with one attached hydrogen (secondary N) is 1. The Labute approximate surface area is 182 Å². The number of halogens is 1. The van der Waals surface area contributed by atoms with Crippen LogP contribution < -0.4 is 10.9 Å². The highest BCUT2D eigenvalue weighted by molar-refractivity contribution is 7.99. The number of anilines is 1. The molecule has 1 amide bonds. The van der Waals surface area contributed by atoms with Gasteiger partial charge in [0.2, 0.25) is 5.91 Å². The van der Waals surface area contributed by atoms with Crippen molar-refractivity contribution < 1.29 is 9.18 Å². The van der Waals surface area contributed by atoms with Gasteiger partial charge in [-0.25, -0.2) is 9.37 Å². The second-order valence-electron chi connectivity index (χ2n) is 7.19. The van der Waals surface area contributed by atoms with Crippen LogP contribution in [0.2, 0.25) is 0 Å². The number of carbonyl (C=O) groups is 1. The molecule has 1 aromatic carbocycles. The van der Waals surface area contributed by atoms with Crippen LogP contribution in [0.15, 0.2) is 46.9 Å². The fraction of sp³-hybridized carbons (Fsp3) is 0.318. The van der Waals surface area contributed by atoms with Crippen molar-refractivity contribution in [3.8, 4) is 0 Å². The van der Waals surface area contributed by atoms with E-state index in [1.165, 1.54) is 41.3 Å². The van der Waals surface area contributed by atoms with E-state index in [0.717, 1.165) is 41.5 Å². The molecule has 4 rings (SSSR count). The second-order valence-corrected chi connectivity index (χ2v) is 9.22. The monoisotopic (exact) mass is 443 g/mol. The molecular formula is C22H22FN3O2S2. The summed E-state index contributed by atoms with van der Waals surface area (Å²) in [5.74, 6) is -0.631. The summed E-state index contributed by atoms with van der Waals surface area (Å²) >= 11 is 2.80. The lowest BCUT2D eigenvalue weighted by molar-refractivity contribution is -0.113. The molecule has 1 aliphatic rings. The largest absolute Gasteiger partial charge is 0.325 e. The maximum absolute atomic E-state index is 13.3. The first-order chi connectivity index (χ1) is 14.6. The van der Waals surface area contributed by atoms with Crippen molar-refractivity contribution in [1.29, 1.82) is 0 Å². The number of thioether (sulfide) groups is 1. The average Bonchev–Trinajstić information content (AvgIpc) is 2.90. The number of allylic oxidation sites excluding steroid dienone is 1. The lowest BCUT2D eigenvalue weighted by atomic mass is 10.1. The maximum atomic E-state index is 13.3. The number of fused-ring (bicyclic) bond motifs is 3. The molecular weight excluding hydrogens is 421 g/mol. The molecule has 0 radical (unpaired) electrons. The predicted octanol–water partition coefficient (Wildman–Crippen LogP) is 4.78. The fourth-order valence-corrected chi connectivity index (χ4v) is 5.80. The van der Waals surface area contributed by atoms with Gasteiger partial charge in [-0.3, -0.25) is 14.2 Å². The summed E-state index contributed by atoms with van der Waals surface area (Å²) in [6.45, 7) is 4.09. The first-order valence-corrected chi connectivity index (χ1v) is 11.7. The minimum Gasteiger partial charge on any atom is -0.325 e. The molecule has 0 saturated carbocycles. The molecule has 156 valence electrons. The Balaban J connectivity index is 1.61. The molecule has 30 heavy (non-hydrogen) atoms. The quantitative estimate of drug-likeness (QED) is 0.258. The summed E-state index contributed by atoms with van der Waals surface area (Å²) in [6, 6.07) is 5.75. The molecule has 3 aromatic rings. The number of nitrogens with zero attached hydrogens (tertiary/aromatic N) is 2. The van der Waals surface area contributed by atoms with Gasteiger partial charge >= 0.3 is 0 Å². The summed E-state index contributed by atoms with van der Waals surface area (Å²) < 4.78 is 14.9. The van der Waals surface area contributed by atoms with Gasteiger partial charge in [-0.15, -0.1) is 17.9 Å².